The van der Waals surface area contributed by atoms with Crippen molar-refractivity contribution in [2.45, 2.75) is 26.2 Å². The van der Waals surface area contributed by atoms with Gasteiger partial charge in [0.2, 0.25) is 0 Å². The number of benzene rings is 1. The van der Waals surface area contributed by atoms with Crippen molar-refractivity contribution in [3.05, 3.63) is 45.8 Å². The third-order valence-electron chi connectivity index (χ3n) is 4.43. The van der Waals surface area contributed by atoms with E-state index in [-0.39, 0.29) is 11.0 Å². The lowest BCUT2D eigenvalue weighted by Crippen LogP contribution is -2.34. The van der Waals surface area contributed by atoms with Crippen LogP contribution in [0.1, 0.15) is 39.7 Å². The number of anilines is 1. The van der Waals surface area contributed by atoms with Crippen LogP contribution in [-0.4, -0.2) is 18.1 Å². The fraction of sp³-hybridized carbons (Fsp3) is 0.316. The zero-order valence-corrected chi connectivity index (χ0v) is 16.2. The highest BCUT2D eigenvalue weighted by Crippen LogP contribution is 2.39. The average Bonchev–Trinajstić information content (AvgIpc) is 2.97. The van der Waals surface area contributed by atoms with Crippen LogP contribution < -0.4 is 15.4 Å². The Morgan fingerprint density at radius 1 is 1.42 bits per heavy atom. The fourth-order valence-corrected chi connectivity index (χ4v) is 4.72. The second kappa shape index (κ2) is 7.85. The zero-order chi connectivity index (χ0) is 18.7. The molecule has 26 heavy (non-hydrogen) atoms. The van der Waals surface area contributed by atoms with E-state index in [1.165, 1.54) is 12.0 Å². The van der Waals surface area contributed by atoms with E-state index in [0.29, 0.717) is 27.8 Å². The van der Waals surface area contributed by atoms with Gasteiger partial charge in [-0.3, -0.25) is 10.1 Å². The molecule has 0 fully saturated rings. The first-order valence-corrected chi connectivity index (χ1v) is 9.56. The van der Waals surface area contributed by atoms with E-state index in [9.17, 15) is 10.1 Å². The number of amides is 1. The third-order valence-corrected chi connectivity index (χ3v) is 5.80. The van der Waals surface area contributed by atoms with E-state index in [1.807, 2.05) is 0 Å². The van der Waals surface area contributed by atoms with E-state index in [2.05, 4.69) is 23.6 Å². The lowest BCUT2D eigenvalue weighted by Gasteiger charge is -2.17. The van der Waals surface area contributed by atoms with E-state index >= 15 is 0 Å². The fourth-order valence-electron chi connectivity index (χ4n) is 3.09. The number of fused-ring (bicyclic) bond motifs is 1. The Morgan fingerprint density at radius 2 is 2.19 bits per heavy atom. The molecule has 5 nitrogen and oxygen atoms in total. The molecule has 0 saturated heterocycles. The lowest BCUT2D eigenvalue weighted by atomic mass is 9.89. The van der Waals surface area contributed by atoms with Crippen LogP contribution in [-0.2, 0) is 12.8 Å². The van der Waals surface area contributed by atoms with Crippen LogP contribution in [0.3, 0.4) is 0 Å². The van der Waals surface area contributed by atoms with Gasteiger partial charge in [-0.1, -0.05) is 19.1 Å². The van der Waals surface area contributed by atoms with Crippen molar-refractivity contribution < 1.29 is 9.53 Å². The molecule has 0 radical (unpaired) electrons. The highest BCUT2D eigenvalue weighted by Gasteiger charge is 2.24. The molecule has 0 bridgehead atoms. The quantitative estimate of drug-likeness (QED) is 0.785. The molecule has 0 unspecified atom stereocenters. The van der Waals surface area contributed by atoms with E-state index in [1.54, 1.807) is 35.6 Å². The number of para-hydroxylation sites is 1. The number of methoxy groups -OCH3 is 1. The summed E-state index contributed by atoms with van der Waals surface area (Å²) in [5, 5.41) is 16.1. The molecule has 1 aromatic carbocycles. The van der Waals surface area contributed by atoms with Gasteiger partial charge in [-0.25, -0.2) is 0 Å². The van der Waals surface area contributed by atoms with Crippen molar-refractivity contribution in [1.82, 2.24) is 5.32 Å². The first-order valence-electron chi connectivity index (χ1n) is 8.33. The molecule has 134 valence electrons. The number of rotatable bonds is 3. The molecule has 0 saturated carbocycles. The van der Waals surface area contributed by atoms with Gasteiger partial charge in [0.05, 0.1) is 18.2 Å². The van der Waals surface area contributed by atoms with Crippen molar-refractivity contribution in [1.29, 1.82) is 5.26 Å². The normalized spacial score (nSPS) is 15.5. The van der Waals surface area contributed by atoms with Crippen molar-refractivity contribution in [3.8, 4) is 11.8 Å². The maximum atomic E-state index is 12.4. The SMILES string of the molecule is COc1ccccc1C(=O)NC(=S)Nc1sc2c(c1C#N)CC[C@@H](C)C2. The number of ether oxygens (including phenoxy) is 1. The molecule has 1 heterocycles. The van der Waals surface area contributed by atoms with Crippen LogP contribution in [0.4, 0.5) is 5.00 Å². The molecule has 7 heteroatoms. The van der Waals surface area contributed by atoms with Gasteiger partial charge in [-0.15, -0.1) is 11.3 Å². The molecule has 0 spiro atoms. The summed E-state index contributed by atoms with van der Waals surface area (Å²) in [4.78, 5) is 13.7. The summed E-state index contributed by atoms with van der Waals surface area (Å²) >= 11 is 6.83. The number of thiophene rings is 1. The molecule has 1 aliphatic carbocycles. The summed E-state index contributed by atoms with van der Waals surface area (Å²) in [7, 11) is 1.51. The maximum Gasteiger partial charge on any atom is 0.261 e. The number of hydrogen-bond acceptors (Lipinski definition) is 5. The summed E-state index contributed by atoms with van der Waals surface area (Å²) in [5.74, 6) is 0.747. The first-order chi connectivity index (χ1) is 12.5. The Bertz CT molecular complexity index is 899. The van der Waals surface area contributed by atoms with Gasteiger partial charge in [-0.05, 0) is 55.1 Å². The van der Waals surface area contributed by atoms with Crippen LogP contribution in [0.15, 0.2) is 24.3 Å². The lowest BCUT2D eigenvalue weighted by molar-refractivity contribution is 0.0975. The number of thiocarbonyl (C=S) groups is 1. The standard InChI is InChI=1S/C19H19N3O2S2/c1-11-7-8-12-14(10-20)18(26-16(12)9-11)22-19(25)21-17(23)13-5-3-4-6-15(13)24-2/h3-6,11H,7-9H2,1-2H3,(H2,21,22,23,25)/t11-/m1/s1. The minimum atomic E-state index is -0.353. The second-order valence-electron chi connectivity index (χ2n) is 6.28. The van der Waals surface area contributed by atoms with E-state index in [0.717, 1.165) is 24.8 Å². The second-order valence-corrected chi connectivity index (χ2v) is 7.79. The average molecular weight is 386 g/mol. The van der Waals surface area contributed by atoms with Gasteiger partial charge in [0.25, 0.3) is 5.91 Å². The van der Waals surface area contributed by atoms with Crippen molar-refractivity contribution in [3.63, 3.8) is 0 Å². The Labute approximate surface area is 162 Å². The van der Waals surface area contributed by atoms with Gasteiger partial charge in [0.1, 0.15) is 16.8 Å². The highest BCUT2D eigenvalue weighted by molar-refractivity contribution is 7.80. The molecular weight excluding hydrogens is 366 g/mol. The van der Waals surface area contributed by atoms with Crippen molar-refractivity contribution in [2.24, 2.45) is 5.92 Å². The number of carbonyl (C=O) groups is 1. The predicted octanol–water partition coefficient (Wildman–Crippen LogP) is 3.88. The van der Waals surface area contributed by atoms with Gasteiger partial charge < -0.3 is 10.1 Å². The number of hydrogen-bond donors (Lipinski definition) is 2. The monoisotopic (exact) mass is 385 g/mol. The third kappa shape index (κ3) is 3.71. The van der Waals surface area contributed by atoms with Crippen molar-refractivity contribution in [2.75, 3.05) is 12.4 Å². The Hall–Kier alpha value is -2.43. The molecule has 0 aliphatic heterocycles. The van der Waals surface area contributed by atoms with E-state index < -0.39 is 0 Å². The first kappa shape index (κ1) is 18.4. The topological polar surface area (TPSA) is 74.2 Å². The van der Waals surface area contributed by atoms with Crippen LogP contribution >= 0.6 is 23.6 Å². The van der Waals surface area contributed by atoms with Crippen LogP contribution in [0, 0.1) is 17.2 Å². The molecule has 1 aromatic heterocycles. The Kier molecular flexibility index (Phi) is 5.55. The predicted molar refractivity (Wildman–Crippen MR) is 107 cm³/mol. The number of nitriles is 1. The zero-order valence-electron chi connectivity index (χ0n) is 14.6. The van der Waals surface area contributed by atoms with Gasteiger partial charge in [0.15, 0.2) is 5.11 Å². The molecular formula is C19H19N3O2S2. The highest BCUT2D eigenvalue weighted by atomic mass is 32.1. The van der Waals surface area contributed by atoms with Crippen LogP contribution in [0.5, 0.6) is 5.75 Å². The Balaban J connectivity index is 1.75. The summed E-state index contributed by atoms with van der Waals surface area (Å²) < 4.78 is 5.20. The molecule has 3 rings (SSSR count). The summed E-state index contributed by atoms with van der Waals surface area (Å²) in [6.07, 6.45) is 2.99. The molecule has 2 N–H and O–H groups in total. The van der Waals surface area contributed by atoms with Crippen molar-refractivity contribution >= 4 is 39.6 Å². The molecule has 1 atom stereocenters. The number of nitrogens with zero attached hydrogens (tertiary/aromatic N) is 1. The smallest absolute Gasteiger partial charge is 0.261 e. The molecule has 1 amide bonds. The minimum absolute atomic E-state index is 0.170. The van der Waals surface area contributed by atoms with Crippen LogP contribution in [0.2, 0.25) is 0 Å². The summed E-state index contributed by atoms with van der Waals surface area (Å²) in [5.41, 5.74) is 2.17. The van der Waals surface area contributed by atoms with Gasteiger partial charge >= 0.3 is 0 Å². The number of carbonyl (C=O) groups excluding carboxylic acids is 1. The minimum Gasteiger partial charge on any atom is -0.496 e. The maximum absolute atomic E-state index is 12.4. The van der Waals surface area contributed by atoms with E-state index in [4.69, 9.17) is 17.0 Å². The summed E-state index contributed by atoms with van der Waals surface area (Å²) in [6, 6.07) is 9.22. The Morgan fingerprint density at radius 3 is 2.92 bits per heavy atom. The van der Waals surface area contributed by atoms with Crippen LogP contribution in [0.25, 0.3) is 0 Å². The molecule has 1 aliphatic rings. The van der Waals surface area contributed by atoms with Gasteiger partial charge in [0, 0.05) is 4.88 Å². The number of nitrogens with one attached hydrogen (secondary N) is 2. The molecule has 2 aromatic rings. The van der Waals surface area contributed by atoms with Gasteiger partial charge in [-0.2, -0.15) is 5.26 Å². The summed E-state index contributed by atoms with van der Waals surface area (Å²) in [6.45, 7) is 2.22. The largest absolute Gasteiger partial charge is 0.496 e.